The van der Waals surface area contributed by atoms with Crippen molar-refractivity contribution in [2.75, 3.05) is 6.61 Å². The minimum Gasteiger partial charge on any atom is -0.508 e. The van der Waals surface area contributed by atoms with Crippen molar-refractivity contribution in [3.8, 4) is 5.75 Å². The summed E-state index contributed by atoms with van der Waals surface area (Å²) in [5, 5.41) is 9.95. The van der Waals surface area contributed by atoms with Gasteiger partial charge in [0, 0.05) is 10.6 Å². The van der Waals surface area contributed by atoms with Crippen LogP contribution in [0.25, 0.3) is 0 Å². The molecule has 0 aliphatic rings. The first-order valence-corrected chi connectivity index (χ1v) is 4.44. The van der Waals surface area contributed by atoms with Gasteiger partial charge >= 0.3 is 0 Å². The molecular formula is C9H12ClNO2. The molecule has 0 aliphatic carbocycles. The second kappa shape index (κ2) is 5.07. The van der Waals surface area contributed by atoms with E-state index in [-0.39, 0.29) is 5.75 Å². The van der Waals surface area contributed by atoms with Crippen LogP contribution in [0.2, 0.25) is 5.02 Å². The van der Waals surface area contributed by atoms with Crippen molar-refractivity contribution >= 4 is 11.6 Å². The van der Waals surface area contributed by atoms with Gasteiger partial charge in [-0.2, -0.15) is 5.48 Å². The third-order valence-electron chi connectivity index (χ3n) is 1.59. The van der Waals surface area contributed by atoms with Crippen molar-refractivity contribution in [3.05, 3.63) is 28.8 Å². The number of nitrogens with one attached hydrogen (secondary N) is 1. The number of halogens is 1. The van der Waals surface area contributed by atoms with Gasteiger partial charge in [-0.15, -0.1) is 0 Å². The quantitative estimate of drug-likeness (QED) is 0.579. The Morgan fingerprint density at radius 2 is 2.31 bits per heavy atom. The summed E-state index contributed by atoms with van der Waals surface area (Å²) in [4.78, 5) is 4.93. The number of benzene rings is 1. The zero-order valence-electron chi connectivity index (χ0n) is 7.38. The molecule has 0 aromatic heterocycles. The maximum atomic E-state index is 9.41. The molecule has 0 saturated carbocycles. The standard InChI is InChI=1S/C9H12ClNO2/c1-2-13-11-6-7-8(10)4-3-5-9(7)12/h3-5,11-12H,2,6H2,1H3. The van der Waals surface area contributed by atoms with Crippen LogP contribution in [0.1, 0.15) is 12.5 Å². The Kier molecular flexibility index (Phi) is 4.02. The van der Waals surface area contributed by atoms with E-state index in [2.05, 4.69) is 5.48 Å². The number of hydrogen-bond acceptors (Lipinski definition) is 3. The summed E-state index contributed by atoms with van der Waals surface area (Å²) >= 11 is 5.85. The average Bonchev–Trinajstić information content (AvgIpc) is 2.10. The van der Waals surface area contributed by atoms with E-state index in [9.17, 15) is 5.11 Å². The molecule has 0 bridgehead atoms. The Balaban J connectivity index is 2.64. The highest BCUT2D eigenvalue weighted by Gasteiger charge is 2.04. The molecule has 0 spiro atoms. The van der Waals surface area contributed by atoms with E-state index < -0.39 is 0 Å². The topological polar surface area (TPSA) is 41.5 Å². The van der Waals surface area contributed by atoms with E-state index in [1.165, 1.54) is 0 Å². The van der Waals surface area contributed by atoms with Gasteiger partial charge in [-0.1, -0.05) is 17.7 Å². The zero-order chi connectivity index (χ0) is 9.68. The number of aromatic hydroxyl groups is 1. The molecule has 0 fully saturated rings. The van der Waals surface area contributed by atoms with Crippen molar-refractivity contribution in [1.29, 1.82) is 0 Å². The molecule has 13 heavy (non-hydrogen) atoms. The monoisotopic (exact) mass is 201 g/mol. The van der Waals surface area contributed by atoms with E-state index in [4.69, 9.17) is 16.4 Å². The van der Waals surface area contributed by atoms with Gasteiger partial charge in [-0.05, 0) is 19.1 Å². The van der Waals surface area contributed by atoms with Crippen LogP contribution in [-0.2, 0) is 11.4 Å². The van der Waals surface area contributed by atoms with Crippen LogP contribution in [0.15, 0.2) is 18.2 Å². The number of phenols is 1. The van der Waals surface area contributed by atoms with Gasteiger partial charge in [-0.25, -0.2) is 0 Å². The second-order valence-electron chi connectivity index (χ2n) is 2.49. The fourth-order valence-corrected chi connectivity index (χ4v) is 1.18. The number of rotatable bonds is 4. The first-order chi connectivity index (χ1) is 6.25. The molecule has 0 atom stereocenters. The van der Waals surface area contributed by atoms with Gasteiger partial charge in [-0.3, -0.25) is 0 Å². The Morgan fingerprint density at radius 1 is 1.54 bits per heavy atom. The molecule has 0 radical (unpaired) electrons. The summed E-state index contributed by atoms with van der Waals surface area (Å²) in [5.41, 5.74) is 3.34. The van der Waals surface area contributed by atoms with Crippen molar-refractivity contribution in [3.63, 3.8) is 0 Å². The van der Waals surface area contributed by atoms with Gasteiger partial charge in [0.05, 0.1) is 13.2 Å². The summed E-state index contributed by atoms with van der Waals surface area (Å²) in [6.07, 6.45) is 0. The Morgan fingerprint density at radius 3 is 2.92 bits per heavy atom. The first-order valence-electron chi connectivity index (χ1n) is 4.06. The lowest BCUT2D eigenvalue weighted by Crippen LogP contribution is -2.13. The zero-order valence-corrected chi connectivity index (χ0v) is 8.14. The molecule has 1 rings (SSSR count). The van der Waals surface area contributed by atoms with Crippen LogP contribution in [0.5, 0.6) is 5.75 Å². The molecule has 72 valence electrons. The lowest BCUT2D eigenvalue weighted by molar-refractivity contribution is 0.0459. The average molecular weight is 202 g/mol. The summed E-state index contributed by atoms with van der Waals surface area (Å²) in [6, 6.07) is 5.01. The fraction of sp³-hybridized carbons (Fsp3) is 0.333. The Hall–Kier alpha value is -0.770. The van der Waals surface area contributed by atoms with Gasteiger partial charge < -0.3 is 9.94 Å². The minimum atomic E-state index is 0.180. The summed E-state index contributed by atoms with van der Waals surface area (Å²) < 4.78 is 0. The third kappa shape index (κ3) is 2.88. The van der Waals surface area contributed by atoms with Gasteiger partial charge in [0.25, 0.3) is 0 Å². The molecule has 1 aromatic carbocycles. The lowest BCUT2D eigenvalue weighted by atomic mass is 10.2. The third-order valence-corrected chi connectivity index (χ3v) is 1.94. The van der Waals surface area contributed by atoms with Crippen LogP contribution in [0.4, 0.5) is 0 Å². The van der Waals surface area contributed by atoms with Crippen LogP contribution in [0.3, 0.4) is 0 Å². The van der Waals surface area contributed by atoms with E-state index in [1.807, 2.05) is 6.92 Å². The largest absolute Gasteiger partial charge is 0.508 e. The number of hydroxylamine groups is 1. The van der Waals surface area contributed by atoms with Crippen molar-refractivity contribution < 1.29 is 9.94 Å². The van der Waals surface area contributed by atoms with Crippen molar-refractivity contribution in [2.24, 2.45) is 0 Å². The maximum absolute atomic E-state index is 9.41. The van der Waals surface area contributed by atoms with Crippen molar-refractivity contribution in [2.45, 2.75) is 13.5 Å². The normalized spacial score (nSPS) is 10.3. The smallest absolute Gasteiger partial charge is 0.121 e. The highest BCUT2D eigenvalue weighted by molar-refractivity contribution is 6.31. The predicted octanol–water partition coefficient (Wildman–Crippen LogP) is 2.09. The van der Waals surface area contributed by atoms with Crippen LogP contribution >= 0.6 is 11.6 Å². The highest BCUT2D eigenvalue weighted by atomic mass is 35.5. The number of hydrogen-bond donors (Lipinski definition) is 2. The van der Waals surface area contributed by atoms with E-state index >= 15 is 0 Å². The Labute approximate surface area is 82.2 Å². The second-order valence-corrected chi connectivity index (χ2v) is 2.90. The molecule has 1 aromatic rings. The predicted molar refractivity (Wildman–Crippen MR) is 51.6 cm³/mol. The number of phenolic OH excluding ortho intramolecular Hbond substituents is 1. The highest BCUT2D eigenvalue weighted by Crippen LogP contribution is 2.24. The Bertz CT molecular complexity index is 258. The molecule has 4 heteroatoms. The molecule has 3 nitrogen and oxygen atoms in total. The van der Waals surface area contributed by atoms with Crippen LogP contribution in [-0.4, -0.2) is 11.7 Å². The van der Waals surface area contributed by atoms with Crippen LogP contribution in [0, 0.1) is 0 Å². The van der Waals surface area contributed by atoms with E-state index in [0.717, 1.165) is 0 Å². The summed E-state index contributed by atoms with van der Waals surface area (Å²) in [7, 11) is 0. The maximum Gasteiger partial charge on any atom is 0.121 e. The molecule has 0 heterocycles. The molecular weight excluding hydrogens is 190 g/mol. The summed E-state index contributed by atoms with van der Waals surface area (Å²) in [5.74, 6) is 0.180. The van der Waals surface area contributed by atoms with E-state index in [1.54, 1.807) is 18.2 Å². The van der Waals surface area contributed by atoms with E-state index in [0.29, 0.717) is 23.7 Å². The van der Waals surface area contributed by atoms with Gasteiger partial charge in [0.2, 0.25) is 0 Å². The summed E-state index contributed by atoms with van der Waals surface area (Å²) in [6.45, 7) is 2.85. The molecule has 0 amide bonds. The molecule has 0 saturated heterocycles. The minimum absolute atomic E-state index is 0.180. The van der Waals surface area contributed by atoms with Gasteiger partial charge in [0.1, 0.15) is 5.75 Å². The van der Waals surface area contributed by atoms with Crippen LogP contribution < -0.4 is 5.48 Å². The first kappa shape index (κ1) is 10.3. The SMILES string of the molecule is CCONCc1c(O)cccc1Cl. The fourth-order valence-electron chi connectivity index (χ4n) is 0.948. The molecule has 0 aliphatic heterocycles. The van der Waals surface area contributed by atoms with Gasteiger partial charge in [0.15, 0.2) is 0 Å². The van der Waals surface area contributed by atoms with Crippen molar-refractivity contribution in [1.82, 2.24) is 5.48 Å². The molecule has 2 N–H and O–H groups in total. The molecule has 0 unspecified atom stereocenters. The lowest BCUT2D eigenvalue weighted by Gasteiger charge is -2.07.